The lowest BCUT2D eigenvalue weighted by atomic mass is 9.94. The molecule has 2 aromatic carbocycles. The number of nitrogens with zero attached hydrogens (tertiary/aromatic N) is 1. The van der Waals surface area contributed by atoms with Crippen molar-refractivity contribution in [2.75, 3.05) is 7.11 Å². The molecule has 4 rings (SSSR count). The minimum atomic E-state index is -0.596. The third-order valence-electron chi connectivity index (χ3n) is 5.77. The van der Waals surface area contributed by atoms with Crippen molar-refractivity contribution in [1.29, 1.82) is 0 Å². The second-order valence-electron chi connectivity index (χ2n) is 7.98. The first kappa shape index (κ1) is 21.4. The van der Waals surface area contributed by atoms with Gasteiger partial charge in [0.2, 0.25) is 0 Å². The molecule has 5 heteroatoms. The zero-order valence-electron chi connectivity index (χ0n) is 18.9. The molecular weight excluding hydrogens is 402 g/mol. The Bertz CT molecular complexity index is 1270. The van der Waals surface area contributed by atoms with E-state index in [4.69, 9.17) is 9.47 Å². The molecule has 0 N–H and O–H groups in total. The van der Waals surface area contributed by atoms with Crippen molar-refractivity contribution in [1.82, 2.24) is 4.57 Å². The van der Waals surface area contributed by atoms with E-state index in [2.05, 4.69) is 22.8 Å². The maximum atomic E-state index is 12.6. The number of methoxy groups -OCH3 is 1. The predicted molar refractivity (Wildman–Crippen MR) is 125 cm³/mol. The number of aromatic nitrogens is 1. The van der Waals surface area contributed by atoms with Crippen molar-refractivity contribution in [3.05, 3.63) is 88.6 Å². The number of esters is 2. The normalized spacial score (nSPS) is 15.1. The molecule has 0 spiro atoms. The Morgan fingerprint density at radius 3 is 2.09 bits per heavy atom. The Balaban J connectivity index is 1.99. The molecule has 1 saturated heterocycles. The van der Waals surface area contributed by atoms with Crippen LogP contribution in [0.2, 0.25) is 0 Å². The number of cyclic esters (lactones) is 2. The molecule has 32 heavy (non-hydrogen) atoms. The maximum absolute atomic E-state index is 12.6. The number of ether oxygens (including phenoxy) is 2. The van der Waals surface area contributed by atoms with Crippen LogP contribution in [0.25, 0.3) is 22.5 Å². The first-order valence-corrected chi connectivity index (χ1v) is 10.4. The first-order valence-electron chi connectivity index (χ1n) is 10.4. The fourth-order valence-corrected chi connectivity index (χ4v) is 4.19. The summed E-state index contributed by atoms with van der Waals surface area (Å²) in [7, 11) is 1.64. The van der Waals surface area contributed by atoms with E-state index in [0.29, 0.717) is 11.1 Å². The van der Waals surface area contributed by atoms with Gasteiger partial charge in [-0.2, -0.15) is 0 Å². The van der Waals surface area contributed by atoms with Crippen molar-refractivity contribution >= 4 is 17.5 Å². The molecule has 0 saturated carbocycles. The Labute approximate surface area is 187 Å². The molecule has 0 atom stereocenters. The number of rotatable bonds is 4. The molecule has 2 heterocycles. The number of hydrogen-bond donors (Lipinski definition) is 0. The van der Waals surface area contributed by atoms with Gasteiger partial charge in [-0.05, 0) is 74.7 Å². The lowest BCUT2D eigenvalue weighted by Crippen LogP contribution is -2.02. The maximum Gasteiger partial charge on any atom is 0.347 e. The van der Waals surface area contributed by atoms with E-state index in [-0.39, 0.29) is 0 Å². The summed E-state index contributed by atoms with van der Waals surface area (Å²) < 4.78 is 12.4. The highest BCUT2D eigenvalue weighted by atomic mass is 16.6. The van der Waals surface area contributed by atoms with Crippen LogP contribution in [0.15, 0.2) is 77.4 Å². The second-order valence-corrected chi connectivity index (χ2v) is 7.98. The van der Waals surface area contributed by atoms with E-state index in [9.17, 15) is 9.59 Å². The molecule has 1 aliphatic heterocycles. The lowest BCUT2D eigenvalue weighted by molar-refractivity contribution is -0.149. The molecule has 0 amide bonds. The van der Waals surface area contributed by atoms with Crippen LogP contribution in [0.5, 0.6) is 5.75 Å². The monoisotopic (exact) mass is 427 g/mol. The van der Waals surface area contributed by atoms with Crippen LogP contribution in [0.3, 0.4) is 0 Å². The number of carbonyl (C=O) groups is 2. The van der Waals surface area contributed by atoms with Gasteiger partial charge in [-0.15, -0.1) is 0 Å². The van der Waals surface area contributed by atoms with Gasteiger partial charge in [0.25, 0.3) is 0 Å². The largest absolute Gasteiger partial charge is 0.497 e. The molecular formula is C27H25NO4. The van der Waals surface area contributed by atoms with E-state index >= 15 is 0 Å². The van der Waals surface area contributed by atoms with E-state index in [1.165, 1.54) is 0 Å². The van der Waals surface area contributed by atoms with Gasteiger partial charge in [-0.25, -0.2) is 9.59 Å². The minimum Gasteiger partial charge on any atom is -0.497 e. The molecule has 0 aliphatic carbocycles. The smallest absolute Gasteiger partial charge is 0.347 e. The first-order chi connectivity index (χ1) is 15.3. The Hall–Kier alpha value is -3.86. The van der Waals surface area contributed by atoms with Gasteiger partial charge in [0.15, 0.2) is 0 Å². The highest BCUT2D eigenvalue weighted by Crippen LogP contribution is 2.38. The van der Waals surface area contributed by atoms with Crippen LogP contribution in [-0.4, -0.2) is 23.6 Å². The van der Waals surface area contributed by atoms with E-state index in [1.807, 2.05) is 70.2 Å². The molecule has 0 bridgehead atoms. The second kappa shape index (κ2) is 8.35. The van der Waals surface area contributed by atoms with Crippen LogP contribution >= 0.6 is 0 Å². The van der Waals surface area contributed by atoms with Gasteiger partial charge in [0.1, 0.15) is 5.75 Å². The van der Waals surface area contributed by atoms with Crippen molar-refractivity contribution in [2.45, 2.75) is 27.7 Å². The van der Waals surface area contributed by atoms with Gasteiger partial charge in [0, 0.05) is 11.4 Å². The SMILES string of the molecule is COc1ccc(-n2c(-c3ccccc3)cc(/C(C)=C3/C(=O)OC(=O)C3=C(C)C)c2C)cc1. The van der Waals surface area contributed by atoms with Crippen LogP contribution in [-0.2, 0) is 14.3 Å². The van der Waals surface area contributed by atoms with Crippen LogP contribution in [0.1, 0.15) is 32.0 Å². The highest BCUT2D eigenvalue weighted by Gasteiger charge is 2.36. The van der Waals surface area contributed by atoms with Crippen LogP contribution < -0.4 is 4.74 Å². The van der Waals surface area contributed by atoms with Gasteiger partial charge in [0.05, 0.1) is 23.9 Å². The number of hydrogen-bond acceptors (Lipinski definition) is 4. The Morgan fingerprint density at radius 2 is 1.50 bits per heavy atom. The van der Waals surface area contributed by atoms with Crippen molar-refractivity contribution < 1.29 is 19.1 Å². The summed E-state index contributed by atoms with van der Waals surface area (Å²) in [6.07, 6.45) is 0. The van der Waals surface area contributed by atoms with Crippen molar-refractivity contribution in [2.24, 2.45) is 0 Å². The summed E-state index contributed by atoms with van der Waals surface area (Å²) >= 11 is 0. The van der Waals surface area contributed by atoms with Crippen LogP contribution in [0.4, 0.5) is 0 Å². The minimum absolute atomic E-state index is 0.338. The quantitative estimate of drug-likeness (QED) is 0.306. The molecule has 0 unspecified atom stereocenters. The molecule has 0 radical (unpaired) electrons. The molecule has 3 aromatic rings. The van der Waals surface area contributed by atoms with Crippen molar-refractivity contribution in [3.8, 4) is 22.7 Å². The van der Waals surface area contributed by atoms with Gasteiger partial charge in [-0.1, -0.05) is 35.9 Å². The Morgan fingerprint density at radius 1 is 0.875 bits per heavy atom. The summed E-state index contributed by atoms with van der Waals surface area (Å²) in [6.45, 7) is 7.51. The summed E-state index contributed by atoms with van der Waals surface area (Å²) in [5, 5.41) is 0. The molecule has 1 aliphatic rings. The molecule has 1 aromatic heterocycles. The molecule has 5 nitrogen and oxygen atoms in total. The lowest BCUT2D eigenvalue weighted by Gasteiger charge is -2.13. The van der Waals surface area contributed by atoms with E-state index in [1.54, 1.807) is 7.11 Å². The average Bonchev–Trinajstić information content (AvgIpc) is 3.29. The van der Waals surface area contributed by atoms with Gasteiger partial charge in [-0.3, -0.25) is 0 Å². The third-order valence-corrected chi connectivity index (χ3v) is 5.77. The predicted octanol–water partition coefficient (Wildman–Crippen LogP) is 5.65. The summed E-state index contributed by atoms with van der Waals surface area (Å²) in [5.74, 6) is -0.403. The summed E-state index contributed by atoms with van der Waals surface area (Å²) in [4.78, 5) is 24.9. The number of benzene rings is 2. The molecule has 1 fully saturated rings. The van der Waals surface area contributed by atoms with E-state index < -0.39 is 11.9 Å². The molecule has 162 valence electrons. The van der Waals surface area contributed by atoms with E-state index in [0.717, 1.165) is 45.1 Å². The summed E-state index contributed by atoms with van der Waals surface area (Å²) in [5.41, 5.74) is 7.01. The van der Waals surface area contributed by atoms with Gasteiger partial charge < -0.3 is 14.0 Å². The third kappa shape index (κ3) is 3.56. The zero-order valence-corrected chi connectivity index (χ0v) is 18.9. The number of carbonyl (C=O) groups excluding carboxylic acids is 2. The fourth-order valence-electron chi connectivity index (χ4n) is 4.19. The Kier molecular flexibility index (Phi) is 5.57. The van der Waals surface area contributed by atoms with Gasteiger partial charge >= 0.3 is 11.9 Å². The average molecular weight is 428 g/mol. The van der Waals surface area contributed by atoms with Crippen molar-refractivity contribution in [3.63, 3.8) is 0 Å². The standard InChI is InChI=1S/C27H25NO4/c1-16(2)24-25(27(30)32-26(24)29)17(3)22-15-23(19-9-7-6-8-10-19)28(18(22)4)20-11-13-21(31-5)14-12-20/h6-15H,1-5H3/b25-17+. The fraction of sp³-hybridized carbons (Fsp3) is 0.185. The topological polar surface area (TPSA) is 57.5 Å². The van der Waals surface area contributed by atoms with Crippen LogP contribution in [0, 0.1) is 6.92 Å². The number of allylic oxidation sites excluding steroid dienone is 2. The highest BCUT2D eigenvalue weighted by molar-refractivity contribution is 6.22. The summed E-state index contributed by atoms with van der Waals surface area (Å²) in [6, 6.07) is 20.0. The zero-order chi connectivity index (χ0) is 23.0.